The van der Waals surface area contributed by atoms with Gasteiger partial charge in [0.05, 0.1) is 11.2 Å². The van der Waals surface area contributed by atoms with Crippen molar-refractivity contribution in [3.05, 3.63) is 36.2 Å². The van der Waals surface area contributed by atoms with E-state index in [-0.39, 0.29) is 0 Å². The number of aryl methyl sites for hydroxylation is 1. The van der Waals surface area contributed by atoms with E-state index in [0.29, 0.717) is 11.8 Å². The minimum atomic E-state index is 0.436. The van der Waals surface area contributed by atoms with E-state index in [1.165, 1.54) is 0 Å². The summed E-state index contributed by atoms with van der Waals surface area (Å²) in [6.07, 6.45) is 1.61. The van der Waals surface area contributed by atoms with Crippen LogP contribution < -0.4 is 11.1 Å². The molecule has 0 atom stereocenters. The van der Waals surface area contributed by atoms with Crippen molar-refractivity contribution in [2.75, 3.05) is 11.1 Å². The topological polar surface area (TPSA) is 92.5 Å². The molecule has 0 bridgehead atoms. The largest absolute Gasteiger partial charge is 0.384 e. The smallest absolute Gasteiger partial charge is 0.229 e. The highest BCUT2D eigenvalue weighted by molar-refractivity contribution is 5.84. The molecular weight excluding hydrogens is 228 g/mol. The summed E-state index contributed by atoms with van der Waals surface area (Å²) in [5.74, 6) is 0.913. The molecule has 0 amide bonds. The van der Waals surface area contributed by atoms with Crippen LogP contribution in [0.4, 0.5) is 17.5 Å². The molecule has 6 heteroatoms. The lowest BCUT2D eigenvalue weighted by atomic mass is 10.2. The highest BCUT2D eigenvalue weighted by Gasteiger charge is 2.03. The maximum absolute atomic E-state index is 5.60. The van der Waals surface area contributed by atoms with E-state index >= 15 is 0 Å². The number of aromatic nitrogens is 4. The number of rotatable bonds is 2. The van der Waals surface area contributed by atoms with Gasteiger partial charge in [-0.25, -0.2) is 4.98 Å². The van der Waals surface area contributed by atoms with E-state index in [9.17, 15) is 0 Å². The van der Waals surface area contributed by atoms with Gasteiger partial charge in [0.25, 0.3) is 0 Å². The van der Waals surface area contributed by atoms with Gasteiger partial charge in [-0.2, -0.15) is 10.1 Å². The first kappa shape index (κ1) is 10.5. The fraction of sp³-hybridized carbons (Fsp3) is 0.0833. The molecule has 3 rings (SSSR count). The zero-order valence-electron chi connectivity index (χ0n) is 9.81. The highest BCUT2D eigenvalue weighted by Crippen LogP contribution is 2.21. The van der Waals surface area contributed by atoms with E-state index in [2.05, 4.69) is 25.5 Å². The maximum Gasteiger partial charge on any atom is 0.229 e. The average Bonchev–Trinajstić information content (AvgIpc) is 2.71. The van der Waals surface area contributed by atoms with Gasteiger partial charge < -0.3 is 11.1 Å². The van der Waals surface area contributed by atoms with Crippen molar-refractivity contribution in [3.63, 3.8) is 0 Å². The first-order valence-electron chi connectivity index (χ1n) is 5.52. The van der Waals surface area contributed by atoms with E-state index < -0.39 is 0 Å². The van der Waals surface area contributed by atoms with Crippen LogP contribution in [0.1, 0.15) is 5.69 Å². The number of anilines is 3. The number of nitrogens with two attached hydrogens (primary N) is 1. The molecule has 2 aromatic heterocycles. The fourth-order valence-electron chi connectivity index (χ4n) is 1.80. The Morgan fingerprint density at radius 2 is 2.17 bits per heavy atom. The zero-order chi connectivity index (χ0) is 12.5. The van der Waals surface area contributed by atoms with Crippen LogP contribution in [0.25, 0.3) is 10.9 Å². The summed E-state index contributed by atoms with van der Waals surface area (Å²) < 4.78 is 0. The maximum atomic E-state index is 5.60. The zero-order valence-corrected chi connectivity index (χ0v) is 9.81. The molecule has 3 aromatic rings. The third-order valence-electron chi connectivity index (χ3n) is 2.69. The number of benzene rings is 1. The van der Waals surface area contributed by atoms with Crippen LogP contribution in [-0.2, 0) is 0 Å². The van der Waals surface area contributed by atoms with Gasteiger partial charge in [-0.1, -0.05) is 0 Å². The lowest BCUT2D eigenvalue weighted by Crippen LogP contribution is -1.99. The Labute approximate surface area is 103 Å². The number of hydrogen-bond acceptors (Lipinski definition) is 5. The summed E-state index contributed by atoms with van der Waals surface area (Å²) in [6.45, 7) is 1.97. The van der Waals surface area contributed by atoms with E-state index in [4.69, 9.17) is 5.73 Å². The molecule has 0 fully saturated rings. The van der Waals surface area contributed by atoms with Crippen LogP contribution in [0.5, 0.6) is 0 Å². The number of nitrogens with zero attached hydrogens (tertiary/aromatic N) is 3. The van der Waals surface area contributed by atoms with Gasteiger partial charge in [0.2, 0.25) is 5.95 Å². The van der Waals surface area contributed by atoms with Crippen LogP contribution in [0.2, 0.25) is 0 Å². The number of aromatic amines is 1. The summed E-state index contributed by atoms with van der Waals surface area (Å²) in [6, 6.07) is 7.56. The number of nitrogen functional groups attached to an aromatic ring is 1. The van der Waals surface area contributed by atoms with Crippen molar-refractivity contribution in [2.24, 2.45) is 0 Å². The number of H-pyrrole nitrogens is 1. The Morgan fingerprint density at radius 1 is 1.28 bits per heavy atom. The Morgan fingerprint density at radius 3 is 3.00 bits per heavy atom. The molecule has 0 saturated carbocycles. The number of fused-ring (bicyclic) bond motifs is 1. The summed E-state index contributed by atoms with van der Waals surface area (Å²) in [5.41, 5.74) is 8.44. The molecule has 0 aliphatic heterocycles. The molecule has 4 N–H and O–H groups in total. The summed E-state index contributed by atoms with van der Waals surface area (Å²) >= 11 is 0. The van der Waals surface area contributed by atoms with Crippen LogP contribution in [0.15, 0.2) is 30.5 Å². The third kappa shape index (κ3) is 1.84. The molecule has 90 valence electrons. The predicted octanol–water partition coefficient (Wildman–Crippen LogP) is 1.99. The van der Waals surface area contributed by atoms with Gasteiger partial charge in [-0.15, -0.1) is 0 Å². The molecule has 0 spiro atoms. The van der Waals surface area contributed by atoms with E-state index in [1.54, 1.807) is 12.3 Å². The van der Waals surface area contributed by atoms with Crippen molar-refractivity contribution in [1.82, 2.24) is 20.2 Å². The second-order valence-corrected chi connectivity index (χ2v) is 4.00. The second kappa shape index (κ2) is 3.99. The minimum absolute atomic E-state index is 0.436. The van der Waals surface area contributed by atoms with Gasteiger partial charge in [-0.05, 0) is 31.2 Å². The Kier molecular flexibility index (Phi) is 2.33. The summed E-state index contributed by atoms with van der Waals surface area (Å²) in [4.78, 5) is 8.18. The monoisotopic (exact) mass is 240 g/mol. The molecule has 0 aliphatic carbocycles. The van der Waals surface area contributed by atoms with Crippen LogP contribution in [0, 0.1) is 6.92 Å². The quantitative estimate of drug-likeness (QED) is 0.637. The van der Waals surface area contributed by atoms with Crippen LogP contribution in [-0.4, -0.2) is 20.2 Å². The molecule has 6 nitrogen and oxygen atoms in total. The Balaban J connectivity index is 1.95. The standard InChI is InChI=1S/C12H12N6/c1-7-9-3-2-8(6-10(9)18-17-7)15-12-14-5-4-11(13)16-12/h2-6H,1H3,(H,17,18)(H3,13,14,15,16). The lowest BCUT2D eigenvalue weighted by Gasteiger charge is -2.04. The van der Waals surface area contributed by atoms with Gasteiger partial charge >= 0.3 is 0 Å². The molecule has 2 heterocycles. The van der Waals surface area contributed by atoms with Gasteiger partial charge in [0.15, 0.2) is 0 Å². The molecule has 0 radical (unpaired) electrons. The highest BCUT2D eigenvalue weighted by atomic mass is 15.1. The number of hydrogen-bond donors (Lipinski definition) is 3. The molecule has 1 aromatic carbocycles. The van der Waals surface area contributed by atoms with Crippen LogP contribution >= 0.6 is 0 Å². The van der Waals surface area contributed by atoms with Crippen LogP contribution in [0.3, 0.4) is 0 Å². The first-order valence-corrected chi connectivity index (χ1v) is 5.52. The van der Waals surface area contributed by atoms with Gasteiger partial charge in [-0.3, -0.25) is 5.10 Å². The molecular formula is C12H12N6. The summed E-state index contributed by atoms with van der Waals surface area (Å²) in [7, 11) is 0. The van der Waals surface area contributed by atoms with E-state index in [1.807, 2.05) is 25.1 Å². The van der Waals surface area contributed by atoms with Crippen molar-refractivity contribution < 1.29 is 0 Å². The third-order valence-corrected chi connectivity index (χ3v) is 2.69. The van der Waals surface area contributed by atoms with Crippen molar-refractivity contribution >= 4 is 28.4 Å². The van der Waals surface area contributed by atoms with Crippen molar-refractivity contribution in [1.29, 1.82) is 0 Å². The lowest BCUT2D eigenvalue weighted by molar-refractivity contribution is 1.07. The molecule has 0 unspecified atom stereocenters. The summed E-state index contributed by atoms with van der Waals surface area (Å²) in [5, 5.41) is 11.3. The Hall–Kier alpha value is -2.63. The number of nitrogens with one attached hydrogen (secondary N) is 2. The molecule has 0 aliphatic rings. The fourth-order valence-corrected chi connectivity index (χ4v) is 1.80. The normalized spacial score (nSPS) is 10.7. The van der Waals surface area contributed by atoms with Gasteiger partial charge in [0, 0.05) is 17.3 Å². The van der Waals surface area contributed by atoms with Gasteiger partial charge in [0.1, 0.15) is 5.82 Å². The molecule has 18 heavy (non-hydrogen) atoms. The SMILES string of the molecule is Cc1n[nH]c2cc(Nc3nccc(N)n3)ccc12. The Bertz CT molecular complexity index is 703. The first-order chi connectivity index (χ1) is 8.72. The van der Waals surface area contributed by atoms with E-state index in [0.717, 1.165) is 22.3 Å². The van der Waals surface area contributed by atoms with Crippen molar-refractivity contribution in [2.45, 2.75) is 6.92 Å². The minimum Gasteiger partial charge on any atom is -0.384 e. The molecule has 0 saturated heterocycles. The predicted molar refractivity (Wildman–Crippen MR) is 70.6 cm³/mol. The average molecular weight is 240 g/mol. The second-order valence-electron chi connectivity index (χ2n) is 4.00. The van der Waals surface area contributed by atoms with Crippen molar-refractivity contribution in [3.8, 4) is 0 Å².